The number of rotatable bonds is 1. The molecule has 3 atom stereocenters. The van der Waals surface area contributed by atoms with E-state index in [0.29, 0.717) is 25.2 Å². The van der Waals surface area contributed by atoms with Crippen molar-refractivity contribution in [2.75, 3.05) is 18.6 Å². The highest BCUT2D eigenvalue weighted by molar-refractivity contribution is 5.94. The lowest BCUT2D eigenvalue weighted by Gasteiger charge is -2.35. The van der Waals surface area contributed by atoms with E-state index in [0.717, 1.165) is 16.5 Å². The van der Waals surface area contributed by atoms with E-state index in [9.17, 15) is 19.2 Å². The van der Waals surface area contributed by atoms with E-state index in [1.807, 2.05) is 70.2 Å². The Kier molecular flexibility index (Phi) is 8.58. The van der Waals surface area contributed by atoms with Crippen LogP contribution in [0, 0.1) is 17.3 Å². The molecule has 5 bridgehead atoms. The molecule has 2 aliphatic rings. The van der Waals surface area contributed by atoms with Gasteiger partial charge in [0.2, 0.25) is 5.91 Å². The Labute approximate surface area is 235 Å². The highest BCUT2D eigenvalue weighted by Crippen LogP contribution is 2.28. The van der Waals surface area contributed by atoms with Crippen LogP contribution >= 0.6 is 0 Å². The summed E-state index contributed by atoms with van der Waals surface area (Å²) in [6.45, 7) is 9.52. The number of nitrogens with zero attached hydrogens (tertiary/aromatic N) is 3. The number of amides is 3. The molecule has 0 radical (unpaired) electrons. The minimum absolute atomic E-state index is 0.0565. The number of carbonyl (C=O) groups is 4. The second-order valence-corrected chi connectivity index (χ2v) is 11.7. The summed E-state index contributed by atoms with van der Waals surface area (Å²) in [6.07, 6.45) is 4.99. The maximum Gasteiger partial charge on any atom is 0.258 e. The van der Waals surface area contributed by atoms with Crippen LogP contribution in [0.25, 0.3) is 17.0 Å². The van der Waals surface area contributed by atoms with Crippen molar-refractivity contribution in [2.45, 2.75) is 66.0 Å². The summed E-state index contributed by atoms with van der Waals surface area (Å²) in [5.74, 6) is -1.16. The molecule has 40 heavy (non-hydrogen) atoms. The van der Waals surface area contributed by atoms with E-state index >= 15 is 0 Å². The summed E-state index contributed by atoms with van der Waals surface area (Å²) in [5.41, 5.74) is 6.70. The van der Waals surface area contributed by atoms with Gasteiger partial charge in [-0.2, -0.15) is 0 Å². The third-order valence-corrected chi connectivity index (χ3v) is 7.78. The summed E-state index contributed by atoms with van der Waals surface area (Å²) in [7, 11) is 1.72. The number of allylic oxidation sites excluding steroid dienone is 1. The first-order chi connectivity index (χ1) is 18.9. The molecule has 0 saturated carbocycles. The smallest absolute Gasteiger partial charge is 0.258 e. The van der Waals surface area contributed by atoms with Crippen molar-refractivity contribution >= 4 is 46.3 Å². The number of anilines is 1. The van der Waals surface area contributed by atoms with E-state index in [4.69, 9.17) is 4.98 Å². The largest absolute Gasteiger partial charge is 0.344 e. The van der Waals surface area contributed by atoms with Crippen molar-refractivity contribution in [3.63, 3.8) is 0 Å². The molecule has 2 aliphatic heterocycles. The number of benzene rings is 1. The van der Waals surface area contributed by atoms with Crippen molar-refractivity contribution < 1.29 is 19.2 Å². The van der Waals surface area contributed by atoms with Crippen molar-refractivity contribution in [1.29, 1.82) is 0 Å². The zero-order valence-corrected chi connectivity index (χ0v) is 24.2. The molecule has 3 heterocycles. The number of hydrogen-bond acceptors (Lipinski definition) is 7. The topological polar surface area (TPSA) is 124 Å². The minimum Gasteiger partial charge on any atom is -0.344 e. The molecule has 4 rings (SSSR count). The molecule has 0 aliphatic carbocycles. The van der Waals surface area contributed by atoms with Crippen LogP contribution in [0.5, 0.6) is 0 Å². The molecule has 214 valence electrons. The predicted molar refractivity (Wildman–Crippen MR) is 155 cm³/mol. The molecule has 1 saturated heterocycles. The van der Waals surface area contributed by atoms with Crippen molar-refractivity contribution in [3.8, 4) is 0 Å². The first-order valence-corrected chi connectivity index (χ1v) is 13.9. The maximum atomic E-state index is 13.4. The third-order valence-electron chi connectivity index (χ3n) is 7.78. The Morgan fingerprint density at radius 2 is 1.77 bits per heavy atom. The zero-order chi connectivity index (χ0) is 29.2. The molecule has 10 heteroatoms. The average molecular weight is 549 g/mol. The third kappa shape index (κ3) is 6.50. The van der Waals surface area contributed by atoms with E-state index < -0.39 is 23.4 Å². The Bertz CT molecular complexity index is 1340. The number of Topliss-reactive ketones (excluding diaryl/α,β-unsaturated/α-hetero) is 1. The number of pyridine rings is 1. The molecule has 3 N–H and O–H groups in total. The summed E-state index contributed by atoms with van der Waals surface area (Å²) in [4.78, 5) is 57.7. The molecular formula is C30H40N6O4. The molecule has 3 amide bonds. The number of carbonyl (C=O) groups excluding carboxylic acids is 4. The van der Waals surface area contributed by atoms with Gasteiger partial charge in [-0.3, -0.25) is 34.6 Å². The van der Waals surface area contributed by atoms with Crippen molar-refractivity contribution in [2.24, 2.45) is 17.3 Å². The molecule has 2 aromatic rings. The van der Waals surface area contributed by atoms with Gasteiger partial charge in [0.1, 0.15) is 23.7 Å². The average Bonchev–Trinajstić information content (AvgIpc) is 2.92. The van der Waals surface area contributed by atoms with Gasteiger partial charge in [-0.05, 0) is 63.3 Å². The predicted octanol–water partition coefficient (Wildman–Crippen LogP) is 2.99. The van der Waals surface area contributed by atoms with Crippen LogP contribution in [-0.4, -0.2) is 59.2 Å². The first-order valence-electron chi connectivity index (χ1n) is 13.9. The highest BCUT2D eigenvalue weighted by Gasteiger charge is 2.35. The fourth-order valence-corrected chi connectivity index (χ4v) is 4.96. The quantitative estimate of drug-likeness (QED) is 0.501. The van der Waals surface area contributed by atoms with Gasteiger partial charge in [0.25, 0.3) is 11.8 Å². The van der Waals surface area contributed by atoms with Gasteiger partial charge < -0.3 is 5.32 Å². The molecule has 0 unspecified atom stereocenters. The molecule has 1 fully saturated rings. The fraction of sp³-hybridized carbons (Fsp3) is 0.500. The summed E-state index contributed by atoms with van der Waals surface area (Å²) < 4.78 is 0. The van der Waals surface area contributed by atoms with Gasteiger partial charge in [0, 0.05) is 36.7 Å². The van der Waals surface area contributed by atoms with Crippen LogP contribution in [0.1, 0.15) is 59.4 Å². The Morgan fingerprint density at radius 3 is 2.50 bits per heavy atom. The van der Waals surface area contributed by atoms with E-state index in [2.05, 4.69) is 16.2 Å². The number of nitrogens with one attached hydrogen (secondary N) is 3. The van der Waals surface area contributed by atoms with Crippen LogP contribution in [0.4, 0.5) is 5.82 Å². The van der Waals surface area contributed by atoms with Crippen LogP contribution < -0.4 is 21.2 Å². The lowest BCUT2D eigenvalue weighted by atomic mass is 9.79. The van der Waals surface area contributed by atoms with Crippen LogP contribution in [0.15, 0.2) is 36.4 Å². The van der Waals surface area contributed by atoms with Gasteiger partial charge in [-0.25, -0.2) is 10.4 Å². The van der Waals surface area contributed by atoms with E-state index in [1.54, 1.807) is 19.0 Å². The Hall–Kier alpha value is -3.79. The molecular weight excluding hydrogens is 508 g/mol. The standard InChI is InChI=1S/C30H40N6O4/c1-18(2)22-17-25(37)30(4,5)14-13-20-9-10-21-11-12-26(32-24(21)16-20)35(6)34-28(39)23-8-7-15-36(33-23)29(40)19(3)31-27(22)38/h9-14,16,18-19,22-23,33H,7-8,15,17H2,1-6H3,(H,31,38)(H,34,39)/b14-13+/t19-,22-,23-/m0/s1. The maximum absolute atomic E-state index is 13.4. The number of fused-ring (bicyclic) bond motifs is 4. The van der Waals surface area contributed by atoms with E-state index in [-0.39, 0.29) is 35.8 Å². The Morgan fingerprint density at radius 1 is 1.05 bits per heavy atom. The SMILES string of the molecule is CC(C)[C@@H]1CC(=O)C(C)(C)/C=C/c2ccc3ccc(nc3c2)N(C)NC(=O)[C@@H]2CCCN(N2)C(=O)[C@H](C)NC1=O. The van der Waals surface area contributed by atoms with Gasteiger partial charge in [-0.15, -0.1) is 0 Å². The second-order valence-electron chi connectivity index (χ2n) is 11.7. The van der Waals surface area contributed by atoms with Crippen LogP contribution in [0.2, 0.25) is 0 Å². The van der Waals surface area contributed by atoms with Crippen LogP contribution in [0.3, 0.4) is 0 Å². The Balaban J connectivity index is 1.70. The van der Waals surface area contributed by atoms with E-state index in [1.165, 1.54) is 5.01 Å². The fourth-order valence-electron chi connectivity index (χ4n) is 4.96. The lowest BCUT2D eigenvalue weighted by molar-refractivity contribution is -0.143. The van der Waals surface area contributed by atoms with Gasteiger partial charge >= 0.3 is 0 Å². The normalized spacial score (nSPS) is 25.6. The minimum atomic E-state index is -0.829. The monoisotopic (exact) mass is 548 g/mol. The number of ketones is 1. The zero-order valence-electron chi connectivity index (χ0n) is 24.2. The molecule has 10 nitrogen and oxygen atoms in total. The summed E-state index contributed by atoms with van der Waals surface area (Å²) >= 11 is 0. The summed E-state index contributed by atoms with van der Waals surface area (Å²) in [5, 5.41) is 6.72. The highest BCUT2D eigenvalue weighted by atomic mass is 16.2. The van der Waals surface area contributed by atoms with Crippen LogP contribution in [-0.2, 0) is 19.2 Å². The molecule has 1 aromatic heterocycles. The lowest BCUT2D eigenvalue weighted by Crippen LogP contribution is -2.62. The van der Waals surface area contributed by atoms with Gasteiger partial charge in [0.15, 0.2) is 0 Å². The van der Waals surface area contributed by atoms with Crippen molar-refractivity contribution in [1.82, 2.24) is 26.2 Å². The second kappa shape index (κ2) is 11.8. The first kappa shape index (κ1) is 29.2. The molecule has 1 aromatic carbocycles. The summed E-state index contributed by atoms with van der Waals surface area (Å²) in [6, 6.07) is 8.18. The van der Waals surface area contributed by atoms with Gasteiger partial charge in [0.05, 0.1) is 5.52 Å². The molecule has 0 spiro atoms. The number of aromatic nitrogens is 1. The van der Waals surface area contributed by atoms with Crippen molar-refractivity contribution in [3.05, 3.63) is 42.0 Å². The number of hydrogen-bond donors (Lipinski definition) is 3. The number of hydrazine groups is 2. The van der Waals surface area contributed by atoms with Gasteiger partial charge in [-0.1, -0.05) is 38.1 Å².